The minimum atomic E-state index is -0.372. The lowest BCUT2D eigenvalue weighted by Gasteiger charge is -2.45. The van der Waals surface area contributed by atoms with Crippen molar-refractivity contribution in [3.63, 3.8) is 0 Å². The van der Waals surface area contributed by atoms with Crippen LogP contribution in [0.1, 0.15) is 42.5 Å². The van der Waals surface area contributed by atoms with E-state index in [1.165, 1.54) is 18.6 Å². The summed E-state index contributed by atoms with van der Waals surface area (Å²) < 4.78 is 13.2. The molecule has 2 atom stereocenters. The van der Waals surface area contributed by atoms with Gasteiger partial charge in [0.05, 0.1) is 0 Å². The van der Waals surface area contributed by atoms with Gasteiger partial charge in [0.25, 0.3) is 5.91 Å². The van der Waals surface area contributed by atoms with Crippen molar-refractivity contribution in [3.8, 4) is 0 Å². The molecule has 2 unspecified atom stereocenters. The number of halogens is 1. The van der Waals surface area contributed by atoms with Gasteiger partial charge in [0.15, 0.2) is 0 Å². The van der Waals surface area contributed by atoms with E-state index in [1.807, 2.05) is 0 Å². The van der Waals surface area contributed by atoms with Gasteiger partial charge in [-0.05, 0) is 55.7 Å². The van der Waals surface area contributed by atoms with Crippen LogP contribution in [0.15, 0.2) is 24.3 Å². The van der Waals surface area contributed by atoms with E-state index in [2.05, 4.69) is 5.32 Å². The van der Waals surface area contributed by atoms with E-state index in [9.17, 15) is 9.18 Å². The molecule has 1 amide bonds. The second kappa shape index (κ2) is 5.52. The molecular weight excluding hydrogens is 255 g/mol. The Morgan fingerprint density at radius 3 is 2.60 bits per heavy atom. The molecule has 108 valence electrons. The van der Waals surface area contributed by atoms with Crippen LogP contribution < -0.4 is 11.1 Å². The number of hydrogen-bond acceptors (Lipinski definition) is 2. The summed E-state index contributed by atoms with van der Waals surface area (Å²) in [5.41, 5.74) is 6.49. The number of nitrogens with two attached hydrogens (primary N) is 1. The van der Waals surface area contributed by atoms with E-state index in [0.717, 1.165) is 25.7 Å². The molecule has 4 heteroatoms. The smallest absolute Gasteiger partial charge is 0.251 e. The molecule has 0 spiro atoms. The topological polar surface area (TPSA) is 55.1 Å². The van der Waals surface area contributed by atoms with Gasteiger partial charge in [0.1, 0.15) is 5.82 Å². The molecule has 0 aromatic heterocycles. The number of carbonyl (C=O) groups is 1. The summed E-state index contributed by atoms with van der Waals surface area (Å²) in [6, 6.07) is 6.35. The number of amides is 1. The molecule has 3 nitrogen and oxygen atoms in total. The average molecular weight is 276 g/mol. The summed E-state index contributed by atoms with van der Waals surface area (Å²) in [4.78, 5) is 12.3. The fraction of sp³-hybridized carbons (Fsp3) is 0.562. The number of nitrogens with one attached hydrogen (secondary N) is 1. The summed E-state index contributed by atoms with van der Waals surface area (Å²) >= 11 is 0. The molecule has 0 aliphatic heterocycles. The van der Waals surface area contributed by atoms with Crippen molar-refractivity contribution in [1.29, 1.82) is 0 Å². The predicted molar refractivity (Wildman–Crippen MR) is 75.7 cm³/mol. The zero-order valence-corrected chi connectivity index (χ0v) is 11.5. The highest BCUT2D eigenvalue weighted by Gasteiger charge is 2.39. The SMILES string of the molecule is NC1CC2CCCC(C1)C2NC(=O)c1cccc(F)c1. The minimum absolute atomic E-state index is 0.165. The summed E-state index contributed by atoms with van der Waals surface area (Å²) in [5, 5.41) is 3.12. The summed E-state index contributed by atoms with van der Waals surface area (Å²) in [6.07, 6.45) is 5.49. The van der Waals surface area contributed by atoms with Crippen LogP contribution >= 0.6 is 0 Å². The molecule has 0 radical (unpaired) electrons. The lowest BCUT2D eigenvalue weighted by molar-refractivity contribution is 0.0755. The molecule has 2 aliphatic carbocycles. The lowest BCUT2D eigenvalue weighted by atomic mass is 9.67. The molecule has 2 aliphatic rings. The van der Waals surface area contributed by atoms with Gasteiger partial charge in [-0.3, -0.25) is 4.79 Å². The Morgan fingerprint density at radius 2 is 1.95 bits per heavy atom. The predicted octanol–water partition coefficient (Wildman–Crippen LogP) is 2.46. The third-order valence-corrected chi connectivity index (χ3v) is 4.76. The monoisotopic (exact) mass is 276 g/mol. The Labute approximate surface area is 118 Å². The summed E-state index contributed by atoms with van der Waals surface area (Å²) in [5.74, 6) is 0.426. The van der Waals surface area contributed by atoms with Crippen molar-refractivity contribution in [2.24, 2.45) is 17.6 Å². The maximum Gasteiger partial charge on any atom is 0.251 e. The van der Waals surface area contributed by atoms with Gasteiger partial charge in [-0.1, -0.05) is 12.5 Å². The fourth-order valence-electron chi connectivity index (χ4n) is 3.89. The van der Waals surface area contributed by atoms with Gasteiger partial charge in [-0.15, -0.1) is 0 Å². The van der Waals surface area contributed by atoms with Gasteiger partial charge < -0.3 is 11.1 Å². The number of benzene rings is 1. The second-order valence-corrected chi connectivity index (χ2v) is 6.19. The van der Waals surface area contributed by atoms with E-state index < -0.39 is 0 Å². The first-order valence-electron chi connectivity index (χ1n) is 7.45. The molecular formula is C16H21FN2O. The van der Waals surface area contributed by atoms with E-state index in [4.69, 9.17) is 5.73 Å². The van der Waals surface area contributed by atoms with Crippen LogP contribution in [0, 0.1) is 17.7 Å². The standard InChI is InChI=1S/C16H21FN2O/c17-13-6-2-5-12(7-13)16(20)19-15-10-3-1-4-11(15)9-14(18)8-10/h2,5-7,10-11,14-15H,1,3-4,8-9,18H2,(H,19,20). The van der Waals surface area contributed by atoms with Gasteiger partial charge in [-0.25, -0.2) is 4.39 Å². The van der Waals surface area contributed by atoms with Crippen LogP contribution in [-0.2, 0) is 0 Å². The third-order valence-electron chi connectivity index (χ3n) is 4.76. The van der Waals surface area contributed by atoms with Crippen molar-refractivity contribution in [2.45, 2.75) is 44.2 Å². The highest BCUT2D eigenvalue weighted by atomic mass is 19.1. The zero-order valence-electron chi connectivity index (χ0n) is 11.5. The van der Waals surface area contributed by atoms with Gasteiger partial charge in [0.2, 0.25) is 0 Å². The largest absolute Gasteiger partial charge is 0.349 e. The van der Waals surface area contributed by atoms with Crippen molar-refractivity contribution in [2.75, 3.05) is 0 Å². The molecule has 20 heavy (non-hydrogen) atoms. The zero-order chi connectivity index (χ0) is 14.1. The van der Waals surface area contributed by atoms with Crippen LogP contribution in [-0.4, -0.2) is 18.0 Å². The Balaban J connectivity index is 1.72. The second-order valence-electron chi connectivity index (χ2n) is 6.19. The molecule has 3 rings (SSSR count). The lowest BCUT2D eigenvalue weighted by Crippen LogP contribution is -2.53. The molecule has 2 bridgehead atoms. The summed E-state index contributed by atoms with van der Waals surface area (Å²) in [6.45, 7) is 0. The molecule has 1 aromatic carbocycles. The molecule has 1 aromatic rings. The molecule has 3 N–H and O–H groups in total. The van der Waals surface area contributed by atoms with Crippen molar-refractivity contribution in [3.05, 3.63) is 35.6 Å². The third kappa shape index (κ3) is 2.70. The first kappa shape index (κ1) is 13.6. The molecule has 2 fully saturated rings. The molecule has 0 saturated heterocycles. The quantitative estimate of drug-likeness (QED) is 0.872. The first-order chi connectivity index (χ1) is 9.63. The van der Waals surface area contributed by atoms with Crippen LogP contribution in [0.4, 0.5) is 4.39 Å². The summed E-state index contributed by atoms with van der Waals surface area (Å²) in [7, 11) is 0. The van der Waals surface area contributed by atoms with Gasteiger partial charge in [-0.2, -0.15) is 0 Å². The van der Waals surface area contributed by atoms with Crippen LogP contribution in [0.25, 0.3) is 0 Å². The number of hydrogen-bond donors (Lipinski definition) is 2. The molecule has 2 saturated carbocycles. The highest BCUT2D eigenvalue weighted by molar-refractivity contribution is 5.94. The van der Waals surface area contributed by atoms with E-state index in [-0.39, 0.29) is 23.8 Å². The number of rotatable bonds is 2. The van der Waals surface area contributed by atoms with Crippen LogP contribution in [0.3, 0.4) is 0 Å². The van der Waals surface area contributed by atoms with Crippen molar-refractivity contribution in [1.82, 2.24) is 5.32 Å². The Hall–Kier alpha value is -1.42. The van der Waals surface area contributed by atoms with Crippen molar-refractivity contribution >= 4 is 5.91 Å². The van der Waals surface area contributed by atoms with E-state index >= 15 is 0 Å². The van der Waals surface area contributed by atoms with Crippen molar-refractivity contribution < 1.29 is 9.18 Å². The number of carbonyl (C=O) groups excluding carboxylic acids is 1. The Kier molecular flexibility index (Phi) is 3.74. The minimum Gasteiger partial charge on any atom is -0.349 e. The highest BCUT2D eigenvalue weighted by Crippen LogP contribution is 2.39. The van der Waals surface area contributed by atoms with Gasteiger partial charge >= 0.3 is 0 Å². The van der Waals surface area contributed by atoms with E-state index in [1.54, 1.807) is 12.1 Å². The van der Waals surface area contributed by atoms with Crippen LogP contribution in [0.2, 0.25) is 0 Å². The molecule has 0 heterocycles. The van der Waals surface area contributed by atoms with Gasteiger partial charge in [0, 0.05) is 17.6 Å². The maximum absolute atomic E-state index is 13.2. The maximum atomic E-state index is 13.2. The average Bonchev–Trinajstić information content (AvgIpc) is 2.39. The fourth-order valence-corrected chi connectivity index (χ4v) is 3.89. The van der Waals surface area contributed by atoms with Crippen LogP contribution in [0.5, 0.6) is 0 Å². The first-order valence-corrected chi connectivity index (χ1v) is 7.45. The normalized spacial score (nSPS) is 32.7. The Morgan fingerprint density at radius 1 is 1.25 bits per heavy atom. The van der Waals surface area contributed by atoms with E-state index in [0.29, 0.717) is 17.4 Å². The Bertz CT molecular complexity index is 491. The number of fused-ring (bicyclic) bond motifs is 2.